The smallest absolute Gasteiger partial charge is 0.326 e. The minimum atomic E-state index is -0.839. The van der Waals surface area contributed by atoms with Crippen molar-refractivity contribution in [2.75, 3.05) is 4.90 Å². The maximum Gasteiger partial charge on any atom is 0.326 e. The van der Waals surface area contributed by atoms with Crippen LogP contribution in [0, 0.1) is 17.2 Å². The van der Waals surface area contributed by atoms with Gasteiger partial charge in [0, 0.05) is 18.4 Å². The van der Waals surface area contributed by atoms with Gasteiger partial charge in [0.15, 0.2) is 11.5 Å². The van der Waals surface area contributed by atoms with Crippen LogP contribution in [0.25, 0.3) is 0 Å². The monoisotopic (exact) mass is 286 g/mol. The van der Waals surface area contributed by atoms with Gasteiger partial charge in [-0.1, -0.05) is 12.8 Å². The third-order valence-electron chi connectivity index (χ3n) is 4.69. The number of rotatable bonds is 2. The summed E-state index contributed by atoms with van der Waals surface area (Å²) in [5.74, 6) is 0.0977. The molecule has 3 unspecified atom stereocenters. The molecule has 1 aromatic heterocycles. The van der Waals surface area contributed by atoms with Crippen LogP contribution in [-0.4, -0.2) is 33.1 Å². The van der Waals surface area contributed by atoms with Gasteiger partial charge in [0.2, 0.25) is 0 Å². The van der Waals surface area contributed by atoms with E-state index < -0.39 is 12.0 Å². The summed E-state index contributed by atoms with van der Waals surface area (Å²) >= 11 is 0. The van der Waals surface area contributed by atoms with Gasteiger partial charge in [-0.15, -0.1) is 0 Å². The fraction of sp³-hybridized carbons (Fsp3) is 0.600. The highest BCUT2D eigenvalue weighted by atomic mass is 16.4. The number of carboxylic acids is 1. The van der Waals surface area contributed by atoms with Crippen molar-refractivity contribution >= 4 is 11.8 Å². The minimum absolute atomic E-state index is 0.164. The van der Waals surface area contributed by atoms with Crippen molar-refractivity contribution in [1.29, 1.82) is 5.26 Å². The molecule has 2 fully saturated rings. The number of carboxylic acid groups (broad SMARTS) is 1. The Balaban J connectivity index is 2.04. The molecule has 21 heavy (non-hydrogen) atoms. The molecule has 0 bridgehead atoms. The molecule has 1 aliphatic heterocycles. The molecule has 6 heteroatoms. The molecular weight excluding hydrogens is 268 g/mol. The number of carbonyl (C=O) groups is 1. The molecule has 110 valence electrons. The first-order valence-electron chi connectivity index (χ1n) is 7.44. The second-order valence-corrected chi connectivity index (χ2v) is 5.79. The van der Waals surface area contributed by atoms with Crippen LogP contribution in [0.3, 0.4) is 0 Å². The fourth-order valence-electron chi connectivity index (χ4n) is 3.78. The number of nitrogens with zero attached hydrogens (tertiary/aromatic N) is 4. The van der Waals surface area contributed by atoms with E-state index in [0.717, 1.165) is 25.7 Å². The second-order valence-electron chi connectivity index (χ2n) is 5.79. The quantitative estimate of drug-likeness (QED) is 0.893. The molecule has 2 aliphatic rings. The predicted octanol–water partition coefficient (Wildman–Crippen LogP) is 1.96. The average Bonchev–Trinajstić information content (AvgIpc) is 2.53. The lowest BCUT2D eigenvalue weighted by atomic mass is 9.76. The number of aromatic nitrogens is 2. The first-order chi connectivity index (χ1) is 10.2. The van der Waals surface area contributed by atoms with Crippen LogP contribution in [-0.2, 0) is 4.79 Å². The highest BCUT2D eigenvalue weighted by Gasteiger charge is 2.42. The zero-order chi connectivity index (χ0) is 14.8. The van der Waals surface area contributed by atoms with Crippen LogP contribution in [0.4, 0.5) is 5.82 Å². The van der Waals surface area contributed by atoms with Crippen molar-refractivity contribution < 1.29 is 9.90 Å². The molecule has 3 rings (SSSR count). The lowest BCUT2D eigenvalue weighted by molar-refractivity contribution is -0.139. The number of piperidine rings is 1. The van der Waals surface area contributed by atoms with E-state index in [9.17, 15) is 15.2 Å². The second kappa shape index (κ2) is 5.68. The normalized spacial score (nSPS) is 28.5. The predicted molar refractivity (Wildman–Crippen MR) is 75.6 cm³/mol. The maximum atomic E-state index is 11.6. The number of nitriles is 1. The molecule has 6 nitrogen and oxygen atoms in total. The Morgan fingerprint density at radius 1 is 1.24 bits per heavy atom. The Bertz CT molecular complexity index is 583. The third-order valence-corrected chi connectivity index (χ3v) is 4.69. The summed E-state index contributed by atoms with van der Waals surface area (Å²) in [4.78, 5) is 21.8. The zero-order valence-corrected chi connectivity index (χ0v) is 11.8. The molecular formula is C15H18N4O2. The molecule has 0 aromatic carbocycles. The number of anilines is 1. The van der Waals surface area contributed by atoms with Gasteiger partial charge in [0.05, 0.1) is 0 Å². The van der Waals surface area contributed by atoms with E-state index in [1.165, 1.54) is 18.8 Å². The SMILES string of the molecule is N#Cc1nccnc1N1C(C(=O)O)CCC2CCCCC21. The zero-order valence-electron chi connectivity index (χ0n) is 11.8. The fourth-order valence-corrected chi connectivity index (χ4v) is 3.78. The van der Waals surface area contributed by atoms with Gasteiger partial charge < -0.3 is 10.0 Å². The van der Waals surface area contributed by atoms with E-state index in [2.05, 4.69) is 9.97 Å². The van der Waals surface area contributed by atoms with Crippen molar-refractivity contribution in [3.05, 3.63) is 18.1 Å². The van der Waals surface area contributed by atoms with Gasteiger partial charge in [-0.3, -0.25) is 0 Å². The first kappa shape index (κ1) is 13.8. The molecule has 1 aromatic rings. The lowest BCUT2D eigenvalue weighted by Crippen LogP contribution is -2.56. The van der Waals surface area contributed by atoms with Crippen LogP contribution in [0.5, 0.6) is 0 Å². The van der Waals surface area contributed by atoms with E-state index in [1.807, 2.05) is 11.0 Å². The number of hydrogen-bond acceptors (Lipinski definition) is 5. The number of fused-ring (bicyclic) bond motifs is 1. The Labute approximate surface area is 123 Å². The molecule has 0 radical (unpaired) electrons. The van der Waals surface area contributed by atoms with E-state index in [4.69, 9.17) is 0 Å². The van der Waals surface area contributed by atoms with Crippen LogP contribution in [0.2, 0.25) is 0 Å². The summed E-state index contributed by atoms with van der Waals surface area (Å²) in [7, 11) is 0. The standard InChI is InChI=1S/C15H18N4O2/c16-9-11-14(18-8-7-17-11)19-12-4-2-1-3-10(12)5-6-13(19)15(20)21/h7-8,10,12-13H,1-6H2,(H,20,21). The molecule has 0 amide bonds. The largest absolute Gasteiger partial charge is 0.480 e. The summed E-state index contributed by atoms with van der Waals surface area (Å²) < 4.78 is 0. The molecule has 1 saturated carbocycles. The van der Waals surface area contributed by atoms with Gasteiger partial charge in [-0.05, 0) is 31.6 Å². The molecule has 2 heterocycles. The van der Waals surface area contributed by atoms with Crippen LogP contribution >= 0.6 is 0 Å². The lowest BCUT2D eigenvalue weighted by Gasteiger charge is -2.47. The van der Waals surface area contributed by atoms with E-state index in [-0.39, 0.29) is 11.7 Å². The van der Waals surface area contributed by atoms with Gasteiger partial charge in [0.1, 0.15) is 12.1 Å². The highest BCUT2D eigenvalue weighted by molar-refractivity contribution is 5.79. The first-order valence-corrected chi connectivity index (χ1v) is 7.44. The minimum Gasteiger partial charge on any atom is -0.480 e. The Kier molecular flexibility index (Phi) is 3.74. The summed E-state index contributed by atoms with van der Waals surface area (Å²) in [5, 5.41) is 18.8. The van der Waals surface area contributed by atoms with Crippen molar-refractivity contribution in [3.8, 4) is 6.07 Å². The van der Waals surface area contributed by atoms with Crippen molar-refractivity contribution in [2.45, 2.75) is 50.6 Å². The Morgan fingerprint density at radius 2 is 2.00 bits per heavy atom. The summed E-state index contributed by atoms with van der Waals surface area (Å²) in [5.41, 5.74) is 0.218. The van der Waals surface area contributed by atoms with E-state index in [0.29, 0.717) is 18.2 Å². The van der Waals surface area contributed by atoms with E-state index >= 15 is 0 Å². The molecule has 1 aliphatic carbocycles. The van der Waals surface area contributed by atoms with E-state index in [1.54, 1.807) is 0 Å². The van der Waals surface area contributed by atoms with Gasteiger partial charge in [0.25, 0.3) is 0 Å². The molecule has 3 atom stereocenters. The van der Waals surface area contributed by atoms with Crippen LogP contribution < -0.4 is 4.90 Å². The number of hydrogen-bond donors (Lipinski definition) is 1. The van der Waals surface area contributed by atoms with Crippen LogP contribution in [0.15, 0.2) is 12.4 Å². The molecule has 0 spiro atoms. The van der Waals surface area contributed by atoms with Gasteiger partial charge in [-0.2, -0.15) is 5.26 Å². The average molecular weight is 286 g/mol. The maximum absolute atomic E-state index is 11.6. The molecule has 1 saturated heterocycles. The number of aliphatic carboxylic acids is 1. The van der Waals surface area contributed by atoms with Crippen molar-refractivity contribution in [2.24, 2.45) is 5.92 Å². The van der Waals surface area contributed by atoms with Crippen molar-refractivity contribution in [3.63, 3.8) is 0 Å². The van der Waals surface area contributed by atoms with Gasteiger partial charge >= 0.3 is 5.97 Å². The highest BCUT2D eigenvalue weighted by Crippen LogP contribution is 2.40. The van der Waals surface area contributed by atoms with Crippen LogP contribution in [0.1, 0.15) is 44.2 Å². The Hall–Kier alpha value is -2.16. The molecule has 1 N–H and O–H groups in total. The summed E-state index contributed by atoms with van der Waals surface area (Å²) in [6.07, 6.45) is 8.97. The summed E-state index contributed by atoms with van der Waals surface area (Å²) in [6, 6.07) is 1.60. The van der Waals surface area contributed by atoms with Crippen molar-refractivity contribution in [1.82, 2.24) is 9.97 Å². The Morgan fingerprint density at radius 3 is 2.76 bits per heavy atom. The topological polar surface area (TPSA) is 90.1 Å². The third kappa shape index (κ3) is 2.44. The summed E-state index contributed by atoms with van der Waals surface area (Å²) in [6.45, 7) is 0. The van der Waals surface area contributed by atoms with Gasteiger partial charge in [-0.25, -0.2) is 14.8 Å².